The second-order valence-electron chi connectivity index (χ2n) is 6.54. The number of hydrogen-bond acceptors (Lipinski definition) is 3. The van der Waals surface area contributed by atoms with Crippen molar-refractivity contribution >= 4 is 11.8 Å². The molecule has 3 fully saturated rings. The van der Waals surface area contributed by atoms with Gasteiger partial charge in [-0.15, -0.1) is 0 Å². The van der Waals surface area contributed by atoms with Crippen LogP contribution in [0.4, 0.5) is 0 Å². The average Bonchev–Trinajstić information content (AvgIpc) is 3.36. The van der Waals surface area contributed by atoms with Gasteiger partial charge < -0.3 is 14.5 Å². The van der Waals surface area contributed by atoms with Crippen molar-refractivity contribution in [2.75, 3.05) is 32.8 Å². The minimum Gasteiger partial charge on any atom is -0.378 e. The van der Waals surface area contributed by atoms with Gasteiger partial charge in [-0.1, -0.05) is 6.92 Å². The molecule has 0 bridgehead atoms. The number of amides is 2. The summed E-state index contributed by atoms with van der Waals surface area (Å²) in [5.74, 6) is 0.154. The molecular formula is C16H26N2O3. The van der Waals surface area contributed by atoms with Gasteiger partial charge in [-0.05, 0) is 38.5 Å². The molecule has 3 aliphatic rings. The Labute approximate surface area is 126 Å². The number of carbonyl (C=O) groups excluding carboxylic acids is 2. The molecule has 0 aromatic heterocycles. The summed E-state index contributed by atoms with van der Waals surface area (Å²) in [7, 11) is 0. The number of nitrogens with zero attached hydrogens (tertiary/aromatic N) is 2. The van der Waals surface area contributed by atoms with Gasteiger partial charge in [-0.3, -0.25) is 9.59 Å². The third-order valence-corrected chi connectivity index (χ3v) is 5.23. The molecule has 21 heavy (non-hydrogen) atoms. The lowest BCUT2D eigenvalue weighted by Gasteiger charge is -2.38. The molecule has 1 saturated carbocycles. The summed E-state index contributed by atoms with van der Waals surface area (Å²) < 4.78 is 5.30. The van der Waals surface area contributed by atoms with Crippen LogP contribution in [-0.2, 0) is 14.3 Å². The summed E-state index contributed by atoms with van der Waals surface area (Å²) in [5, 5.41) is 0. The highest BCUT2D eigenvalue weighted by molar-refractivity contribution is 6.08. The van der Waals surface area contributed by atoms with Crippen LogP contribution in [0, 0.1) is 5.41 Å². The number of piperidine rings is 1. The molecule has 1 aliphatic carbocycles. The molecule has 0 aromatic rings. The van der Waals surface area contributed by atoms with Gasteiger partial charge in [0.25, 0.3) is 0 Å². The van der Waals surface area contributed by atoms with E-state index in [4.69, 9.17) is 4.74 Å². The molecule has 1 unspecified atom stereocenters. The third-order valence-electron chi connectivity index (χ3n) is 5.23. The van der Waals surface area contributed by atoms with Crippen molar-refractivity contribution in [3.8, 4) is 0 Å². The van der Waals surface area contributed by atoms with E-state index < -0.39 is 5.41 Å². The molecule has 0 spiro atoms. The fourth-order valence-corrected chi connectivity index (χ4v) is 3.68. The SMILES string of the molecule is CCC1CCCCN1C(=O)C1(C(=O)N2CCOCC2)CC1. The first kappa shape index (κ1) is 14.8. The van der Waals surface area contributed by atoms with E-state index in [1.165, 1.54) is 6.42 Å². The Hall–Kier alpha value is -1.10. The van der Waals surface area contributed by atoms with E-state index in [0.29, 0.717) is 32.3 Å². The predicted molar refractivity (Wildman–Crippen MR) is 78.7 cm³/mol. The molecule has 2 aliphatic heterocycles. The average molecular weight is 294 g/mol. The maximum absolute atomic E-state index is 13.0. The third kappa shape index (κ3) is 2.68. The summed E-state index contributed by atoms with van der Waals surface area (Å²) in [6, 6.07) is 0.334. The van der Waals surface area contributed by atoms with Crippen LogP contribution in [0.5, 0.6) is 0 Å². The van der Waals surface area contributed by atoms with Crippen LogP contribution in [0.2, 0.25) is 0 Å². The number of ether oxygens (including phenoxy) is 1. The lowest BCUT2D eigenvalue weighted by Crippen LogP contribution is -2.53. The van der Waals surface area contributed by atoms with Crippen LogP contribution >= 0.6 is 0 Å². The zero-order valence-corrected chi connectivity index (χ0v) is 13.0. The Bertz CT molecular complexity index is 414. The smallest absolute Gasteiger partial charge is 0.238 e. The molecule has 3 rings (SSSR count). The lowest BCUT2D eigenvalue weighted by molar-refractivity contribution is -0.154. The van der Waals surface area contributed by atoms with Crippen molar-refractivity contribution in [1.82, 2.24) is 9.80 Å². The Morgan fingerprint density at radius 2 is 1.81 bits per heavy atom. The zero-order chi connectivity index (χ0) is 14.9. The van der Waals surface area contributed by atoms with Crippen LogP contribution in [0.1, 0.15) is 45.4 Å². The first-order valence-electron chi connectivity index (χ1n) is 8.37. The van der Waals surface area contributed by atoms with E-state index in [9.17, 15) is 9.59 Å². The quantitative estimate of drug-likeness (QED) is 0.740. The second-order valence-corrected chi connectivity index (χ2v) is 6.54. The minimum absolute atomic E-state index is 0.0521. The number of hydrogen-bond donors (Lipinski definition) is 0. The predicted octanol–water partition coefficient (Wildman–Crippen LogP) is 1.42. The van der Waals surface area contributed by atoms with E-state index >= 15 is 0 Å². The molecule has 5 nitrogen and oxygen atoms in total. The highest BCUT2D eigenvalue weighted by Crippen LogP contribution is 2.49. The standard InChI is InChI=1S/C16H26N2O3/c1-2-13-5-3-4-8-18(13)15(20)16(6-7-16)14(19)17-9-11-21-12-10-17/h13H,2-12H2,1H3. The van der Waals surface area contributed by atoms with E-state index in [-0.39, 0.29) is 11.8 Å². The van der Waals surface area contributed by atoms with Crippen molar-refractivity contribution in [3.05, 3.63) is 0 Å². The number of morpholine rings is 1. The maximum atomic E-state index is 13.0. The van der Waals surface area contributed by atoms with Crippen LogP contribution in [0.25, 0.3) is 0 Å². The van der Waals surface area contributed by atoms with Crippen LogP contribution < -0.4 is 0 Å². The molecule has 2 heterocycles. The van der Waals surface area contributed by atoms with Gasteiger partial charge in [0.05, 0.1) is 13.2 Å². The fourth-order valence-electron chi connectivity index (χ4n) is 3.68. The summed E-state index contributed by atoms with van der Waals surface area (Å²) in [6.45, 7) is 5.42. The van der Waals surface area contributed by atoms with E-state index in [1.54, 1.807) is 0 Å². The molecule has 0 radical (unpaired) electrons. The lowest BCUT2D eigenvalue weighted by atomic mass is 9.95. The minimum atomic E-state index is -0.720. The Kier molecular flexibility index (Phi) is 4.20. The van der Waals surface area contributed by atoms with Crippen molar-refractivity contribution in [2.45, 2.75) is 51.5 Å². The Balaban J connectivity index is 1.71. The second kappa shape index (κ2) is 5.95. The zero-order valence-electron chi connectivity index (χ0n) is 13.0. The summed E-state index contributed by atoms with van der Waals surface area (Å²) in [4.78, 5) is 29.6. The Morgan fingerprint density at radius 1 is 1.10 bits per heavy atom. The summed E-state index contributed by atoms with van der Waals surface area (Å²) in [5.41, 5.74) is -0.720. The van der Waals surface area contributed by atoms with Crippen LogP contribution in [-0.4, -0.2) is 60.5 Å². The Morgan fingerprint density at radius 3 is 2.43 bits per heavy atom. The highest BCUT2D eigenvalue weighted by atomic mass is 16.5. The van der Waals surface area contributed by atoms with Gasteiger partial charge in [0.1, 0.15) is 5.41 Å². The number of carbonyl (C=O) groups is 2. The number of rotatable bonds is 3. The van der Waals surface area contributed by atoms with Gasteiger partial charge in [-0.2, -0.15) is 0 Å². The first-order valence-corrected chi connectivity index (χ1v) is 8.37. The molecule has 0 aromatic carbocycles. The van der Waals surface area contributed by atoms with Gasteiger partial charge in [0, 0.05) is 25.7 Å². The molecule has 1 atom stereocenters. The van der Waals surface area contributed by atoms with Crippen molar-refractivity contribution < 1.29 is 14.3 Å². The van der Waals surface area contributed by atoms with Crippen LogP contribution in [0.3, 0.4) is 0 Å². The van der Waals surface area contributed by atoms with Gasteiger partial charge >= 0.3 is 0 Å². The molecular weight excluding hydrogens is 268 g/mol. The van der Waals surface area contributed by atoms with E-state index in [1.807, 2.05) is 9.80 Å². The normalized spacial score (nSPS) is 28.3. The van der Waals surface area contributed by atoms with Crippen molar-refractivity contribution in [1.29, 1.82) is 0 Å². The van der Waals surface area contributed by atoms with Crippen LogP contribution in [0.15, 0.2) is 0 Å². The largest absolute Gasteiger partial charge is 0.378 e. The van der Waals surface area contributed by atoms with Crippen molar-refractivity contribution in [3.63, 3.8) is 0 Å². The topological polar surface area (TPSA) is 49.9 Å². The molecule has 2 saturated heterocycles. The monoisotopic (exact) mass is 294 g/mol. The van der Waals surface area contributed by atoms with E-state index in [2.05, 4.69) is 6.92 Å². The number of likely N-dealkylation sites (tertiary alicyclic amines) is 1. The van der Waals surface area contributed by atoms with Gasteiger partial charge in [0.2, 0.25) is 11.8 Å². The summed E-state index contributed by atoms with van der Waals surface area (Å²) >= 11 is 0. The van der Waals surface area contributed by atoms with Gasteiger partial charge in [-0.25, -0.2) is 0 Å². The fraction of sp³-hybridized carbons (Fsp3) is 0.875. The molecule has 0 N–H and O–H groups in total. The first-order chi connectivity index (χ1) is 10.2. The van der Waals surface area contributed by atoms with Gasteiger partial charge in [0.15, 0.2) is 0 Å². The molecule has 2 amide bonds. The maximum Gasteiger partial charge on any atom is 0.238 e. The highest BCUT2D eigenvalue weighted by Gasteiger charge is 2.60. The summed E-state index contributed by atoms with van der Waals surface area (Å²) in [6.07, 6.45) is 5.82. The van der Waals surface area contributed by atoms with Crippen molar-refractivity contribution in [2.24, 2.45) is 5.41 Å². The van der Waals surface area contributed by atoms with E-state index in [0.717, 1.165) is 38.6 Å². The molecule has 5 heteroatoms. The molecule has 118 valence electrons.